The van der Waals surface area contributed by atoms with Gasteiger partial charge >= 0.3 is 0 Å². The summed E-state index contributed by atoms with van der Waals surface area (Å²) in [7, 11) is 0. The van der Waals surface area contributed by atoms with Crippen LogP contribution in [-0.2, 0) is 0 Å². The van der Waals surface area contributed by atoms with E-state index in [-0.39, 0.29) is 25.1 Å². The van der Waals surface area contributed by atoms with E-state index >= 15 is 0 Å². The van der Waals surface area contributed by atoms with Gasteiger partial charge in [0.15, 0.2) is 11.6 Å². The second-order valence-electron chi connectivity index (χ2n) is 5.18. The number of benzene rings is 1. The number of nitrogens with zero attached hydrogens (tertiary/aromatic N) is 1. The summed E-state index contributed by atoms with van der Waals surface area (Å²) in [6.45, 7) is 2.04. The fraction of sp³-hybridized carbons (Fsp3) is 0.500. The Balaban J connectivity index is 2.28. The number of piperidine rings is 1. The minimum absolute atomic E-state index is 0.0588. The lowest BCUT2D eigenvalue weighted by atomic mass is 9.93. The van der Waals surface area contributed by atoms with Gasteiger partial charge in [-0.05, 0) is 31.7 Å². The average Bonchev–Trinajstić information content (AvgIpc) is 2.42. The molecule has 0 aromatic heterocycles. The zero-order chi connectivity index (χ0) is 14.9. The van der Waals surface area contributed by atoms with E-state index in [9.17, 15) is 18.0 Å². The number of likely N-dealkylation sites (tertiary alicyclic amines) is 1. The number of carbonyl (C=O) groups is 1. The molecule has 1 aliphatic rings. The molecule has 110 valence electrons. The third-order valence-electron chi connectivity index (χ3n) is 3.74. The lowest BCUT2D eigenvalue weighted by Crippen LogP contribution is -2.46. The molecular weight excluding hydrogens is 271 g/mol. The Bertz CT molecular complexity index is 521. The Morgan fingerprint density at radius 2 is 1.90 bits per heavy atom. The minimum Gasteiger partial charge on any atom is -0.396 e. The van der Waals surface area contributed by atoms with Gasteiger partial charge in [-0.3, -0.25) is 4.79 Å². The third-order valence-corrected chi connectivity index (χ3v) is 3.74. The van der Waals surface area contributed by atoms with Gasteiger partial charge in [0, 0.05) is 25.3 Å². The topological polar surface area (TPSA) is 40.5 Å². The molecule has 1 amide bonds. The van der Waals surface area contributed by atoms with Crippen LogP contribution in [0, 0.1) is 23.4 Å². The van der Waals surface area contributed by atoms with Crippen LogP contribution in [0.2, 0.25) is 0 Å². The predicted octanol–water partition coefficient (Wildman–Crippen LogP) is 2.34. The van der Waals surface area contributed by atoms with Gasteiger partial charge in [-0.15, -0.1) is 0 Å². The SMILES string of the molecule is CC1CCC(CO)CN1C(=O)c1cc(F)c(F)cc1F. The van der Waals surface area contributed by atoms with Gasteiger partial charge in [0.1, 0.15) is 5.82 Å². The van der Waals surface area contributed by atoms with E-state index in [1.807, 2.05) is 6.92 Å². The van der Waals surface area contributed by atoms with Gasteiger partial charge in [0.25, 0.3) is 5.91 Å². The third kappa shape index (κ3) is 2.80. The summed E-state index contributed by atoms with van der Waals surface area (Å²) < 4.78 is 39.7. The summed E-state index contributed by atoms with van der Waals surface area (Å²) >= 11 is 0. The Labute approximate surface area is 115 Å². The van der Waals surface area contributed by atoms with Crippen molar-refractivity contribution < 1.29 is 23.1 Å². The van der Waals surface area contributed by atoms with Crippen molar-refractivity contribution in [2.75, 3.05) is 13.2 Å². The normalized spacial score (nSPS) is 22.9. The molecule has 0 radical (unpaired) electrons. The minimum atomic E-state index is -1.32. The van der Waals surface area contributed by atoms with E-state index in [4.69, 9.17) is 5.11 Å². The van der Waals surface area contributed by atoms with Crippen molar-refractivity contribution >= 4 is 5.91 Å². The zero-order valence-electron chi connectivity index (χ0n) is 11.1. The molecule has 0 saturated carbocycles. The summed E-state index contributed by atoms with van der Waals surface area (Å²) in [6, 6.07) is 0.834. The maximum Gasteiger partial charge on any atom is 0.257 e. The molecule has 1 aromatic rings. The fourth-order valence-electron chi connectivity index (χ4n) is 2.46. The summed E-state index contributed by atoms with van der Waals surface area (Å²) in [5.41, 5.74) is -0.477. The summed E-state index contributed by atoms with van der Waals surface area (Å²) in [5, 5.41) is 9.16. The molecule has 6 heteroatoms. The number of rotatable bonds is 2. The highest BCUT2D eigenvalue weighted by molar-refractivity contribution is 5.94. The van der Waals surface area contributed by atoms with Gasteiger partial charge in [0.05, 0.1) is 5.56 Å². The van der Waals surface area contributed by atoms with E-state index in [0.29, 0.717) is 18.6 Å². The lowest BCUT2D eigenvalue weighted by molar-refractivity contribution is 0.0484. The number of halogens is 3. The largest absolute Gasteiger partial charge is 0.396 e. The van der Waals surface area contributed by atoms with E-state index < -0.39 is 28.9 Å². The first-order valence-electron chi connectivity index (χ1n) is 6.50. The number of hydrogen-bond acceptors (Lipinski definition) is 2. The summed E-state index contributed by atoms with van der Waals surface area (Å²) in [4.78, 5) is 13.7. The molecular formula is C14H16F3NO2. The first-order chi connectivity index (χ1) is 9.43. The maximum absolute atomic E-state index is 13.6. The molecule has 20 heavy (non-hydrogen) atoms. The molecule has 2 unspecified atom stereocenters. The van der Waals surface area contributed by atoms with Crippen molar-refractivity contribution in [3.05, 3.63) is 35.1 Å². The number of carbonyl (C=O) groups excluding carboxylic acids is 1. The molecule has 1 saturated heterocycles. The van der Waals surface area contributed by atoms with Gasteiger partial charge in [-0.1, -0.05) is 0 Å². The first-order valence-corrected chi connectivity index (χ1v) is 6.50. The standard InChI is InChI=1S/C14H16F3NO2/c1-8-2-3-9(7-19)6-18(8)14(20)10-4-12(16)13(17)5-11(10)15/h4-5,8-9,19H,2-3,6-7H2,1H3. The smallest absolute Gasteiger partial charge is 0.257 e. The van der Waals surface area contributed by atoms with Crippen molar-refractivity contribution in [1.82, 2.24) is 4.90 Å². The molecule has 1 fully saturated rings. The van der Waals surface area contributed by atoms with Crippen LogP contribution in [0.4, 0.5) is 13.2 Å². The number of amides is 1. The van der Waals surface area contributed by atoms with Crippen LogP contribution in [0.25, 0.3) is 0 Å². The van der Waals surface area contributed by atoms with Gasteiger partial charge in [-0.2, -0.15) is 0 Å². The summed E-state index contributed by atoms with van der Waals surface area (Å²) in [6.07, 6.45) is 1.46. The highest BCUT2D eigenvalue weighted by Gasteiger charge is 2.31. The van der Waals surface area contributed by atoms with Crippen LogP contribution in [0.3, 0.4) is 0 Å². The van der Waals surface area contributed by atoms with Gasteiger partial charge < -0.3 is 10.0 Å². The second kappa shape index (κ2) is 5.83. The molecule has 1 aliphatic heterocycles. The van der Waals surface area contributed by atoms with Crippen molar-refractivity contribution in [1.29, 1.82) is 0 Å². The van der Waals surface area contributed by atoms with Crippen molar-refractivity contribution in [2.24, 2.45) is 5.92 Å². The average molecular weight is 287 g/mol. The van der Waals surface area contributed by atoms with Crippen molar-refractivity contribution in [3.8, 4) is 0 Å². The Morgan fingerprint density at radius 3 is 2.55 bits per heavy atom. The molecule has 2 rings (SSSR count). The monoisotopic (exact) mass is 287 g/mol. The Morgan fingerprint density at radius 1 is 1.25 bits per heavy atom. The molecule has 0 bridgehead atoms. The summed E-state index contributed by atoms with van der Waals surface area (Å²) in [5.74, 6) is -4.39. The highest BCUT2D eigenvalue weighted by atomic mass is 19.2. The molecule has 1 N–H and O–H groups in total. The van der Waals surface area contributed by atoms with Crippen LogP contribution in [0.5, 0.6) is 0 Å². The quantitative estimate of drug-likeness (QED) is 0.848. The van der Waals surface area contributed by atoms with Crippen LogP contribution in [0.1, 0.15) is 30.1 Å². The highest BCUT2D eigenvalue weighted by Crippen LogP contribution is 2.25. The molecule has 0 spiro atoms. The maximum atomic E-state index is 13.6. The second-order valence-corrected chi connectivity index (χ2v) is 5.18. The Hall–Kier alpha value is -1.56. The number of hydrogen-bond donors (Lipinski definition) is 1. The van der Waals surface area contributed by atoms with Crippen LogP contribution >= 0.6 is 0 Å². The molecule has 1 aromatic carbocycles. The first kappa shape index (κ1) is 14.8. The van der Waals surface area contributed by atoms with Crippen LogP contribution in [-0.4, -0.2) is 35.1 Å². The Kier molecular flexibility index (Phi) is 4.32. The lowest BCUT2D eigenvalue weighted by Gasteiger charge is -2.37. The van der Waals surface area contributed by atoms with Gasteiger partial charge in [-0.25, -0.2) is 13.2 Å². The fourth-order valence-corrected chi connectivity index (χ4v) is 2.46. The van der Waals surface area contributed by atoms with Crippen molar-refractivity contribution in [3.63, 3.8) is 0 Å². The van der Waals surface area contributed by atoms with E-state index in [0.717, 1.165) is 6.42 Å². The number of aliphatic hydroxyl groups excluding tert-OH is 1. The van der Waals surface area contributed by atoms with E-state index in [2.05, 4.69) is 0 Å². The van der Waals surface area contributed by atoms with Crippen LogP contribution < -0.4 is 0 Å². The molecule has 0 aliphatic carbocycles. The van der Waals surface area contributed by atoms with E-state index in [1.165, 1.54) is 4.90 Å². The van der Waals surface area contributed by atoms with Gasteiger partial charge in [0.2, 0.25) is 0 Å². The zero-order valence-corrected chi connectivity index (χ0v) is 11.1. The van der Waals surface area contributed by atoms with Crippen molar-refractivity contribution in [2.45, 2.75) is 25.8 Å². The molecule has 2 atom stereocenters. The predicted molar refractivity (Wildman–Crippen MR) is 66.6 cm³/mol. The van der Waals surface area contributed by atoms with Crippen LogP contribution in [0.15, 0.2) is 12.1 Å². The number of aliphatic hydroxyl groups is 1. The van der Waals surface area contributed by atoms with E-state index in [1.54, 1.807) is 0 Å². The molecule has 1 heterocycles. The molecule has 3 nitrogen and oxygen atoms in total.